The molecule has 0 bridgehead atoms. The molecule has 0 saturated carbocycles. The zero-order valence-corrected chi connectivity index (χ0v) is 10.8. The van der Waals surface area contributed by atoms with Crippen LogP contribution in [0.2, 0.25) is 5.02 Å². The molecule has 0 N–H and O–H groups in total. The van der Waals surface area contributed by atoms with Crippen molar-refractivity contribution < 1.29 is 13.6 Å². The minimum Gasteiger partial charge on any atom is -0.294 e. The van der Waals surface area contributed by atoms with Crippen LogP contribution in [0.15, 0.2) is 42.5 Å². The molecule has 0 aliphatic rings. The van der Waals surface area contributed by atoms with E-state index in [9.17, 15) is 13.6 Å². The van der Waals surface area contributed by atoms with Gasteiger partial charge in [-0.3, -0.25) is 4.79 Å². The molecule has 0 aromatic heterocycles. The average molecular weight is 281 g/mol. The fourth-order valence-electron chi connectivity index (χ4n) is 1.81. The van der Waals surface area contributed by atoms with Gasteiger partial charge >= 0.3 is 0 Å². The van der Waals surface area contributed by atoms with E-state index in [0.717, 1.165) is 17.7 Å². The smallest absolute Gasteiger partial charge is 0.163 e. The van der Waals surface area contributed by atoms with Gasteiger partial charge in [0.15, 0.2) is 5.78 Å². The van der Waals surface area contributed by atoms with Crippen molar-refractivity contribution in [3.05, 3.63) is 70.2 Å². The van der Waals surface area contributed by atoms with Gasteiger partial charge in [0.25, 0.3) is 0 Å². The molecule has 2 aromatic carbocycles. The topological polar surface area (TPSA) is 17.1 Å². The van der Waals surface area contributed by atoms with Crippen molar-refractivity contribution in [1.82, 2.24) is 0 Å². The number of ketones is 1. The molecule has 98 valence electrons. The predicted molar refractivity (Wildman–Crippen MR) is 70.5 cm³/mol. The van der Waals surface area contributed by atoms with E-state index < -0.39 is 5.82 Å². The van der Waals surface area contributed by atoms with Crippen molar-refractivity contribution in [2.45, 2.75) is 12.8 Å². The number of carbonyl (C=O) groups excluding carboxylic acids is 1. The molecule has 0 amide bonds. The second-order valence-electron chi connectivity index (χ2n) is 4.21. The van der Waals surface area contributed by atoms with Crippen molar-refractivity contribution in [2.24, 2.45) is 0 Å². The second kappa shape index (κ2) is 5.93. The molecule has 0 fully saturated rings. The minimum absolute atomic E-state index is 0.184. The highest BCUT2D eigenvalue weighted by Gasteiger charge is 2.09. The van der Waals surface area contributed by atoms with Crippen LogP contribution in [0.25, 0.3) is 0 Å². The molecular formula is C15H11ClF2O. The number of carbonyl (C=O) groups is 1. The summed E-state index contributed by atoms with van der Waals surface area (Å²) in [5, 5.41) is 0.189. The summed E-state index contributed by atoms with van der Waals surface area (Å²) in [6.45, 7) is 0. The van der Waals surface area contributed by atoms with Crippen molar-refractivity contribution in [3.8, 4) is 0 Å². The summed E-state index contributed by atoms with van der Waals surface area (Å²) < 4.78 is 26.1. The Morgan fingerprint density at radius 2 is 1.84 bits per heavy atom. The Bertz CT molecular complexity index is 591. The zero-order valence-electron chi connectivity index (χ0n) is 10.00. The maximum absolute atomic E-state index is 13.1. The van der Waals surface area contributed by atoms with E-state index in [4.69, 9.17) is 11.6 Å². The first kappa shape index (κ1) is 13.7. The standard InChI is InChI=1S/C15H11ClF2O/c16-12-7-11(8-14(18)9-12)15(19)5-4-10-2-1-3-13(17)6-10/h1-3,6-9H,4-5H2. The highest BCUT2D eigenvalue weighted by molar-refractivity contribution is 6.31. The van der Waals surface area contributed by atoms with E-state index in [1.54, 1.807) is 12.1 Å². The van der Waals surface area contributed by atoms with E-state index >= 15 is 0 Å². The Morgan fingerprint density at radius 3 is 2.53 bits per heavy atom. The van der Waals surface area contributed by atoms with Crippen LogP contribution in [0.3, 0.4) is 0 Å². The van der Waals surface area contributed by atoms with E-state index in [1.165, 1.54) is 18.2 Å². The lowest BCUT2D eigenvalue weighted by atomic mass is 10.0. The zero-order chi connectivity index (χ0) is 13.8. The molecule has 0 atom stereocenters. The van der Waals surface area contributed by atoms with Crippen molar-refractivity contribution in [2.75, 3.05) is 0 Å². The quantitative estimate of drug-likeness (QED) is 0.757. The molecule has 0 aliphatic heterocycles. The fourth-order valence-corrected chi connectivity index (χ4v) is 2.03. The van der Waals surface area contributed by atoms with Gasteiger partial charge in [-0.15, -0.1) is 0 Å². The lowest BCUT2D eigenvalue weighted by molar-refractivity contribution is 0.0982. The van der Waals surface area contributed by atoms with Crippen LogP contribution in [0.4, 0.5) is 8.78 Å². The molecule has 1 nitrogen and oxygen atoms in total. The third-order valence-electron chi connectivity index (χ3n) is 2.71. The summed E-state index contributed by atoms with van der Waals surface area (Å²) in [7, 11) is 0. The summed E-state index contributed by atoms with van der Waals surface area (Å²) in [5.74, 6) is -1.09. The number of hydrogen-bond acceptors (Lipinski definition) is 1. The first-order chi connectivity index (χ1) is 9.04. The molecule has 4 heteroatoms. The van der Waals surface area contributed by atoms with Crippen LogP contribution in [0, 0.1) is 11.6 Å². The fraction of sp³-hybridized carbons (Fsp3) is 0.133. The predicted octanol–water partition coefficient (Wildman–Crippen LogP) is 4.43. The first-order valence-corrected chi connectivity index (χ1v) is 6.16. The van der Waals surface area contributed by atoms with Crippen LogP contribution in [-0.2, 0) is 6.42 Å². The molecule has 0 aliphatic carbocycles. The van der Waals surface area contributed by atoms with Gasteiger partial charge in [0, 0.05) is 17.0 Å². The lowest BCUT2D eigenvalue weighted by Gasteiger charge is -2.03. The molecule has 2 rings (SSSR count). The molecule has 0 spiro atoms. The third kappa shape index (κ3) is 3.86. The van der Waals surface area contributed by atoms with Gasteiger partial charge in [-0.1, -0.05) is 23.7 Å². The molecule has 0 unspecified atom stereocenters. The van der Waals surface area contributed by atoms with Crippen LogP contribution in [0.5, 0.6) is 0 Å². The SMILES string of the molecule is O=C(CCc1cccc(F)c1)c1cc(F)cc(Cl)c1. The highest BCUT2D eigenvalue weighted by Crippen LogP contribution is 2.16. The van der Waals surface area contributed by atoms with Gasteiger partial charge in [0.1, 0.15) is 11.6 Å². The Kier molecular flexibility index (Phi) is 4.27. The van der Waals surface area contributed by atoms with Gasteiger partial charge in [0.05, 0.1) is 0 Å². The normalized spacial score (nSPS) is 10.5. The third-order valence-corrected chi connectivity index (χ3v) is 2.93. The van der Waals surface area contributed by atoms with E-state index in [0.29, 0.717) is 6.42 Å². The number of rotatable bonds is 4. The molecule has 2 aromatic rings. The number of halogens is 3. The Labute approximate surface area is 114 Å². The van der Waals surface area contributed by atoms with Crippen molar-refractivity contribution in [3.63, 3.8) is 0 Å². The molecule has 0 radical (unpaired) electrons. The van der Waals surface area contributed by atoms with E-state index in [-0.39, 0.29) is 28.6 Å². The van der Waals surface area contributed by atoms with Crippen LogP contribution in [0.1, 0.15) is 22.3 Å². The van der Waals surface area contributed by atoms with Crippen LogP contribution >= 0.6 is 11.6 Å². The van der Waals surface area contributed by atoms with Gasteiger partial charge < -0.3 is 0 Å². The van der Waals surface area contributed by atoms with Gasteiger partial charge in [-0.25, -0.2) is 8.78 Å². The van der Waals surface area contributed by atoms with E-state index in [1.807, 2.05) is 0 Å². The summed E-state index contributed by atoms with van der Waals surface area (Å²) in [4.78, 5) is 11.9. The molecule has 0 saturated heterocycles. The van der Waals surface area contributed by atoms with Crippen LogP contribution < -0.4 is 0 Å². The Balaban J connectivity index is 2.05. The van der Waals surface area contributed by atoms with Gasteiger partial charge in [-0.05, 0) is 42.3 Å². The second-order valence-corrected chi connectivity index (χ2v) is 4.65. The molecule has 19 heavy (non-hydrogen) atoms. The van der Waals surface area contributed by atoms with Crippen molar-refractivity contribution in [1.29, 1.82) is 0 Å². The summed E-state index contributed by atoms with van der Waals surface area (Å²) in [5.41, 5.74) is 0.970. The lowest BCUT2D eigenvalue weighted by Crippen LogP contribution is -2.02. The Morgan fingerprint density at radius 1 is 1.05 bits per heavy atom. The van der Waals surface area contributed by atoms with Crippen molar-refractivity contribution >= 4 is 17.4 Å². The largest absolute Gasteiger partial charge is 0.294 e. The number of aryl methyl sites for hydroxylation is 1. The summed E-state index contributed by atoms with van der Waals surface area (Å²) >= 11 is 5.69. The average Bonchev–Trinajstić information content (AvgIpc) is 2.35. The van der Waals surface area contributed by atoms with Crippen LogP contribution in [-0.4, -0.2) is 5.78 Å². The van der Waals surface area contributed by atoms with Gasteiger partial charge in [-0.2, -0.15) is 0 Å². The minimum atomic E-state index is -0.540. The number of benzene rings is 2. The highest BCUT2D eigenvalue weighted by atomic mass is 35.5. The first-order valence-electron chi connectivity index (χ1n) is 5.78. The van der Waals surface area contributed by atoms with E-state index in [2.05, 4.69) is 0 Å². The molecular weight excluding hydrogens is 270 g/mol. The number of Topliss-reactive ketones (excluding diaryl/α,β-unsaturated/α-hetero) is 1. The van der Waals surface area contributed by atoms with Gasteiger partial charge in [0.2, 0.25) is 0 Å². The Hall–Kier alpha value is -1.74. The monoisotopic (exact) mass is 280 g/mol. The maximum Gasteiger partial charge on any atom is 0.163 e. The maximum atomic E-state index is 13.1. The summed E-state index contributed by atoms with van der Waals surface area (Å²) in [6.07, 6.45) is 0.591. The summed E-state index contributed by atoms with van der Waals surface area (Å²) in [6, 6.07) is 9.79. The molecule has 0 heterocycles. The number of hydrogen-bond donors (Lipinski definition) is 0.